The second-order valence-electron chi connectivity index (χ2n) is 8.28. The van der Waals surface area contributed by atoms with E-state index in [0.29, 0.717) is 36.1 Å². The standard InChI is InChI=1S/C23H25FN4O3/c24-18-5-3-16(4-6-18)21-25-22(31-26-21)17-9-13-28(14-10-17)23(29)20-8-7-19(30-20)15-27-11-1-2-12-27/h3-8,17H,1-2,9-15H2. The summed E-state index contributed by atoms with van der Waals surface area (Å²) in [4.78, 5) is 21.5. The maximum atomic E-state index is 13.1. The molecule has 0 aliphatic carbocycles. The molecule has 162 valence electrons. The Balaban J connectivity index is 1.17. The second-order valence-corrected chi connectivity index (χ2v) is 8.28. The van der Waals surface area contributed by atoms with Crippen molar-refractivity contribution in [3.8, 4) is 11.4 Å². The van der Waals surface area contributed by atoms with Gasteiger partial charge in [0.05, 0.1) is 6.54 Å². The Labute approximate surface area is 179 Å². The molecule has 2 aliphatic heterocycles. The number of nitrogens with zero attached hydrogens (tertiary/aromatic N) is 4. The quantitative estimate of drug-likeness (QED) is 0.614. The monoisotopic (exact) mass is 424 g/mol. The highest BCUT2D eigenvalue weighted by molar-refractivity contribution is 5.91. The number of carbonyl (C=O) groups excluding carboxylic acids is 1. The van der Waals surface area contributed by atoms with E-state index in [-0.39, 0.29) is 17.6 Å². The molecule has 4 heterocycles. The zero-order valence-electron chi connectivity index (χ0n) is 17.3. The molecule has 2 aromatic heterocycles. The molecule has 0 spiro atoms. The Morgan fingerprint density at radius 3 is 2.52 bits per heavy atom. The van der Waals surface area contributed by atoms with Crippen LogP contribution in [0.3, 0.4) is 0 Å². The van der Waals surface area contributed by atoms with Gasteiger partial charge < -0.3 is 13.8 Å². The van der Waals surface area contributed by atoms with Crippen LogP contribution in [0.2, 0.25) is 0 Å². The van der Waals surface area contributed by atoms with Gasteiger partial charge in [-0.05, 0) is 75.2 Å². The van der Waals surface area contributed by atoms with Crippen molar-refractivity contribution < 1.29 is 18.1 Å². The molecular formula is C23H25FN4O3. The number of piperidine rings is 1. The lowest BCUT2D eigenvalue weighted by atomic mass is 9.96. The van der Waals surface area contributed by atoms with Gasteiger partial charge in [0.25, 0.3) is 5.91 Å². The molecule has 0 saturated carbocycles. The second kappa shape index (κ2) is 8.63. The van der Waals surface area contributed by atoms with Crippen molar-refractivity contribution in [1.82, 2.24) is 19.9 Å². The average Bonchev–Trinajstić information content (AvgIpc) is 3.57. The Morgan fingerprint density at radius 2 is 1.77 bits per heavy atom. The van der Waals surface area contributed by atoms with Crippen LogP contribution in [-0.2, 0) is 6.54 Å². The lowest BCUT2D eigenvalue weighted by molar-refractivity contribution is 0.0669. The van der Waals surface area contributed by atoms with Crippen LogP contribution in [0.15, 0.2) is 45.3 Å². The third kappa shape index (κ3) is 4.39. The first-order valence-electron chi connectivity index (χ1n) is 10.9. The molecule has 0 unspecified atom stereocenters. The number of carbonyl (C=O) groups is 1. The predicted octanol–water partition coefficient (Wildman–Crippen LogP) is 4.08. The molecule has 2 fully saturated rings. The molecular weight excluding hydrogens is 399 g/mol. The van der Waals surface area contributed by atoms with Gasteiger partial charge in [0, 0.05) is 24.6 Å². The number of hydrogen-bond donors (Lipinski definition) is 0. The molecule has 5 rings (SSSR count). The fourth-order valence-corrected chi connectivity index (χ4v) is 4.34. The van der Waals surface area contributed by atoms with Crippen molar-refractivity contribution >= 4 is 5.91 Å². The molecule has 0 N–H and O–H groups in total. The molecule has 0 bridgehead atoms. The Kier molecular flexibility index (Phi) is 5.55. The highest BCUT2D eigenvalue weighted by atomic mass is 19.1. The fourth-order valence-electron chi connectivity index (χ4n) is 4.34. The van der Waals surface area contributed by atoms with E-state index in [0.717, 1.165) is 38.2 Å². The van der Waals surface area contributed by atoms with E-state index < -0.39 is 0 Å². The SMILES string of the molecule is O=C(c1ccc(CN2CCCC2)o1)N1CCC(c2nc(-c3ccc(F)cc3)no2)CC1. The molecule has 0 atom stereocenters. The summed E-state index contributed by atoms with van der Waals surface area (Å²) in [5, 5.41) is 4.03. The topological polar surface area (TPSA) is 75.6 Å². The van der Waals surface area contributed by atoms with Crippen molar-refractivity contribution in [1.29, 1.82) is 0 Å². The van der Waals surface area contributed by atoms with Gasteiger partial charge >= 0.3 is 0 Å². The summed E-state index contributed by atoms with van der Waals surface area (Å²) in [5.74, 6) is 2.01. The van der Waals surface area contributed by atoms with Crippen molar-refractivity contribution in [2.75, 3.05) is 26.2 Å². The normalized spacial score (nSPS) is 18.0. The number of hydrogen-bond acceptors (Lipinski definition) is 6. The average molecular weight is 424 g/mol. The van der Waals surface area contributed by atoms with E-state index in [4.69, 9.17) is 8.94 Å². The van der Waals surface area contributed by atoms with Gasteiger partial charge in [-0.25, -0.2) is 4.39 Å². The van der Waals surface area contributed by atoms with Crippen LogP contribution in [0.5, 0.6) is 0 Å². The van der Waals surface area contributed by atoms with Crippen LogP contribution in [0.1, 0.15) is 53.8 Å². The summed E-state index contributed by atoms with van der Waals surface area (Å²) in [6.45, 7) is 4.18. The van der Waals surface area contributed by atoms with E-state index in [1.165, 1.54) is 25.0 Å². The third-order valence-electron chi connectivity index (χ3n) is 6.13. The molecule has 2 aliphatic rings. The molecule has 2 saturated heterocycles. The van der Waals surface area contributed by atoms with Crippen LogP contribution in [0.4, 0.5) is 4.39 Å². The van der Waals surface area contributed by atoms with Gasteiger partial charge in [0.1, 0.15) is 11.6 Å². The van der Waals surface area contributed by atoms with Crippen molar-refractivity contribution in [2.45, 2.75) is 38.1 Å². The predicted molar refractivity (Wildman–Crippen MR) is 111 cm³/mol. The van der Waals surface area contributed by atoms with Gasteiger partial charge in [0.2, 0.25) is 11.7 Å². The highest BCUT2D eigenvalue weighted by Gasteiger charge is 2.29. The van der Waals surface area contributed by atoms with E-state index >= 15 is 0 Å². The van der Waals surface area contributed by atoms with Gasteiger partial charge in [0.15, 0.2) is 5.76 Å². The maximum absolute atomic E-state index is 13.1. The number of halogens is 1. The van der Waals surface area contributed by atoms with Crippen molar-refractivity contribution in [3.05, 3.63) is 59.6 Å². The number of furan rings is 1. The molecule has 0 radical (unpaired) electrons. The molecule has 8 heteroatoms. The van der Waals surface area contributed by atoms with E-state index in [2.05, 4.69) is 15.0 Å². The zero-order valence-corrected chi connectivity index (χ0v) is 17.3. The molecule has 1 aromatic carbocycles. The van der Waals surface area contributed by atoms with Crippen LogP contribution < -0.4 is 0 Å². The summed E-state index contributed by atoms with van der Waals surface area (Å²) < 4.78 is 24.4. The number of likely N-dealkylation sites (tertiary alicyclic amines) is 2. The Bertz CT molecular complexity index is 1030. The number of rotatable bonds is 5. The Hall–Kier alpha value is -3.00. The van der Waals surface area contributed by atoms with Gasteiger partial charge in [-0.3, -0.25) is 9.69 Å². The van der Waals surface area contributed by atoms with Gasteiger partial charge in [-0.2, -0.15) is 4.98 Å². The summed E-state index contributed by atoms with van der Waals surface area (Å²) in [6.07, 6.45) is 3.95. The van der Waals surface area contributed by atoms with Crippen LogP contribution in [0, 0.1) is 5.82 Å². The Morgan fingerprint density at radius 1 is 1.03 bits per heavy atom. The lowest BCUT2D eigenvalue weighted by Gasteiger charge is -2.29. The first-order chi connectivity index (χ1) is 15.2. The first-order valence-corrected chi connectivity index (χ1v) is 10.9. The summed E-state index contributed by atoms with van der Waals surface area (Å²) >= 11 is 0. The van der Waals surface area contributed by atoms with E-state index in [1.54, 1.807) is 18.2 Å². The highest BCUT2D eigenvalue weighted by Crippen LogP contribution is 2.29. The lowest BCUT2D eigenvalue weighted by Crippen LogP contribution is -2.37. The first kappa shape index (κ1) is 19.9. The summed E-state index contributed by atoms with van der Waals surface area (Å²) in [7, 11) is 0. The molecule has 1 amide bonds. The van der Waals surface area contributed by atoms with Gasteiger partial charge in [-0.15, -0.1) is 0 Å². The molecule has 31 heavy (non-hydrogen) atoms. The van der Waals surface area contributed by atoms with E-state index in [1.807, 2.05) is 11.0 Å². The van der Waals surface area contributed by atoms with Crippen LogP contribution in [-0.4, -0.2) is 52.0 Å². The maximum Gasteiger partial charge on any atom is 0.289 e. The minimum atomic E-state index is -0.302. The molecule has 3 aromatic rings. The largest absolute Gasteiger partial charge is 0.455 e. The van der Waals surface area contributed by atoms with Crippen molar-refractivity contribution in [2.24, 2.45) is 0 Å². The number of amides is 1. The zero-order chi connectivity index (χ0) is 21.2. The van der Waals surface area contributed by atoms with Crippen LogP contribution >= 0.6 is 0 Å². The smallest absolute Gasteiger partial charge is 0.289 e. The molecule has 7 nitrogen and oxygen atoms in total. The fraction of sp³-hybridized carbons (Fsp3) is 0.435. The minimum Gasteiger partial charge on any atom is -0.455 e. The minimum absolute atomic E-state index is 0.0661. The number of aromatic nitrogens is 2. The third-order valence-corrected chi connectivity index (χ3v) is 6.13. The number of benzene rings is 1. The summed E-state index contributed by atoms with van der Waals surface area (Å²) in [6, 6.07) is 9.71. The van der Waals surface area contributed by atoms with Gasteiger partial charge in [-0.1, -0.05) is 5.16 Å². The summed E-state index contributed by atoms with van der Waals surface area (Å²) in [5.41, 5.74) is 0.714. The van der Waals surface area contributed by atoms with Crippen LogP contribution in [0.25, 0.3) is 11.4 Å². The van der Waals surface area contributed by atoms with Crippen molar-refractivity contribution in [3.63, 3.8) is 0 Å². The van der Waals surface area contributed by atoms with E-state index in [9.17, 15) is 9.18 Å².